The van der Waals surface area contributed by atoms with Crippen molar-refractivity contribution in [3.05, 3.63) is 93.8 Å². The van der Waals surface area contributed by atoms with Gasteiger partial charge in [0.15, 0.2) is 0 Å². The van der Waals surface area contributed by atoms with Gasteiger partial charge in [0, 0.05) is 0 Å². The van der Waals surface area contributed by atoms with E-state index in [1.165, 1.54) is 47.7 Å². The van der Waals surface area contributed by atoms with Gasteiger partial charge in [0.2, 0.25) is 0 Å². The molecule has 0 fully saturated rings. The Bertz CT molecular complexity index is 1230. The van der Waals surface area contributed by atoms with Crippen LogP contribution in [0.1, 0.15) is 48.4 Å². The van der Waals surface area contributed by atoms with Crippen molar-refractivity contribution < 1.29 is 13.2 Å². The monoisotopic (exact) mass is 463 g/mol. The lowest BCUT2D eigenvalue weighted by atomic mass is 9.97. The third-order valence-electron chi connectivity index (χ3n) is 6.05. The van der Waals surface area contributed by atoms with Crippen LogP contribution < -0.4 is 0 Å². The average molecular weight is 464 g/mol. The average Bonchev–Trinajstić information content (AvgIpc) is 3.21. The Morgan fingerprint density at radius 2 is 1.61 bits per heavy atom. The van der Waals surface area contributed by atoms with E-state index in [9.17, 15) is 13.2 Å². The first-order valence-electron chi connectivity index (χ1n) is 11.1. The fourth-order valence-electron chi connectivity index (χ4n) is 4.26. The highest BCUT2D eigenvalue weighted by molar-refractivity contribution is 8.03. The molecular weight excluding hydrogens is 439 g/mol. The third kappa shape index (κ3) is 5.34. The number of aryl methyl sites for hydroxylation is 2. The second-order valence-corrected chi connectivity index (χ2v) is 9.18. The lowest BCUT2D eigenvalue weighted by Crippen LogP contribution is -1.98. The van der Waals surface area contributed by atoms with Crippen molar-refractivity contribution >= 4 is 17.8 Å². The Labute approximate surface area is 197 Å². The van der Waals surface area contributed by atoms with Gasteiger partial charge < -0.3 is 0 Å². The fraction of sp³-hybridized carbons (Fsp3) is 0.250. The van der Waals surface area contributed by atoms with Gasteiger partial charge in [-0.3, -0.25) is 0 Å². The number of allylic oxidation sites excluding steroid dienone is 1. The van der Waals surface area contributed by atoms with Crippen molar-refractivity contribution in [1.82, 2.24) is 0 Å². The lowest BCUT2D eigenvalue weighted by Gasteiger charge is -2.09. The van der Waals surface area contributed by atoms with Crippen LogP contribution >= 0.6 is 11.8 Å². The summed E-state index contributed by atoms with van der Waals surface area (Å²) in [6, 6.07) is 13.9. The minimum absolute atomic E-state index is 0.297. The van der Waals surface area contributed by atoms with Gasteiger partial charge in [-0.05, 0) is 102 Å². The number of nitriles is 1. The number of fused-ring (bicyclic) bond motifs is 1. The first kappa shape index (κ1) is 23.2. The number of benzene rings is 3. The highest BCUT2D eigenvalue weighted by Crippen LogP contribution is 2.32. The molecule has 4 rings (SSSR count). The van der Waals surface area contributed by atoms with E-state index in [1.807, 2.05) is 12.1 Å². The van der Waals surface area contributed by atoms with E-state index in [0.717, 1.165) is 24.0 Å². The van der Waals surface area contributed by atoms with Gasteiger partial charge in [0.25, 0.3) is 0 Å². The molecule has 168 valence electrons. The maximum atomic E-state index is 14.8. The number of thiocyanates is 1. The van der Waals surface area contributed by atoms with E-state index in [2.05, 4.69) is 25.1 Å². The molecule has 3 aromatic carbocycles. The van der Waals surface area contributed by atoms with Crippen molar-refractivity contribution in [2.75, 3.05) is 0 Å². The number of nitrogens with zero attached hydrogens (tertiary/aromatic N) is 1. The topological polar surface area (TPSA) is 23.8 Å². The number of thioether (sulfide) groups is 1. The predicted octanol–water partition coefficient (Wildman–Crippen LogP) is 8.26. The minimum Gasteiger partial charge on any atom is -0.207 e. The van der Waals surface area contributed by atoms with E-state index in [4.69, 9.17) is 5.26 Å². The Morgan fingerprint density at radius 3 is 2.30 bits per heavy atom. The zero-order valence-corrected chi connectivity index (χ0v) is 19.2. The maximum absolute atomic E-state index is 14.8. The predicted molar refractivity (Wildman–Crippen MR) is 128 cm³/mol. The van der Waals surface area contributed by atoms with Gasteiger partial charge in [-0.1, -0.05) is 49.3 Å². The molecule has 0 amide bonds. The lowest BCUT2D eigenvalue weighted by molar-refractivity contribution is 0.537. The third-order valence-corrected chi connectivity index (χ3v) is 6.74. The summed E-state index contributed by atoms with van der Waals surface area (Å²) in [5.41, 5.74) is 6.70. The minimum atomic E-state index is -0.768. The molecule has 33 heavy (non-hydrogen) atoms. The van der Waals surface area contributed by atoms with Crippen molar-refractivity contribution in [2.24, 2.45) is 0 Å². The summed E-state index contributed by atoms with van der Waals surface area (Å²) in [5, 5.41) is 10.3. The van der Waals surface area contributed by atoms with Crippen LogP contribution in [0.3, 0.4) is 0 Å². The normalized spacial score (nSPS) is 12.4. The van der Waals surface area contributed by atoms with Crippen molar-refractivity contribution in [3.63, 3.8) is 0 Å². The molecule has 5 heteroatoms. The first-order valence-corrected chi connectivity index (χ1v) is 11.9. The van der Waals surface area contributed by atoms with Gasteiger partial charge in [0.05, 0.1) is 4.90 Å². The van der Waals surface area contributed by atoms with E-state index < -0.39 is 11.6 Å². The molecule has 3 aromatic rings. The Balaban J connectivity index is 1.47. The van der Waals surface area contributed by atoms with Crippen LogP contribution in [0, 0.1) is 28.1 Å². The highest BCUT2D eigenvalue weighted by Gasteiger charge is 2.15. The van der Waals surface area contributed by atoms with Gasteiger partial charge in [0.1, 0.15) is 22.9 Å². The molecule has 0 radical (unpaired) electrons. The Kier molecular flexibility index (Phi) is 7.25. The summed E-state index contributed by atoms with van der Waals surface area (Å²) >= 11 is 0.456. The van der Waals surface area contributed by atoms with E-state index >= 15 is 0 Å². The number of unbranched alkanes of at least 4 members (excludes halogenated alkanes) is 1. The van der Waals surface area contributed by atoms with Crippen molar-refractivity contribution in [2.45, 2.75) is 50.3 Å². The number of rotatable bonds is 8. The quantitative estimate of drug-likeness (QED) is 0.248. The summed E-state index contributed by atoms with van der Waals surface area (Å²) < 4.78 is 42.9. The van der Waals surface area contributed by atoms with Crippen LogP contribution in [-0.2, 0) is 19.3 Å². The molecule has 0 saturated heterocycles. The molecule has 1 aliphatic carbocycles. The first-order chi connectivity index (χ1) is 16.0. The fourth-order valence-corrected chi connectivity index (χ4v) is 4.66. The van der Waals surface area contributed by atoms with Crippen LogP contribution in [0.5, 0.6) is 0 Å². The summed E-state index contributed by atoms with van der Waals surface area (Å²) in [6.07, 6.45) is 7.38. The molecule has 0 aliphatic heterocycles. The zero-order valence-electron chi connectivity index (χ0n) is 18.4. The molecular formula is C28H24F3NS. The molecule has 0 aromatic heterocycles. The molecule has 1 aliphatic rings. The van der Waals surface area contributed by atoms with Gasteiger partial charge in [-0.15, -0.1) is 0 Å². The van der Waals surface area contributed by atoms with Crippen LogP contribution in [0.4, 0.5) is 13.2 Å². The highest BCUT2D eigenvalue weighted by atomic mass is 32.2. The van der Waals surface area contributed by atoms with E-state index in [1.54, 1.807) is 11.5 Å². The molecule has 0 bridgehead atoms. The summed E-state index contributed by atoms with van der Waals surface area (Å²) in [4.78, 5) is -0.307. The molecule has 0 saturated carbocycles. The van der Waals surface area contributed by atoms with Gasteiger partial charge in [-0.2, -0.15) is 5.26 Å². The van der Waals surface area contributed by atoms with E-state index in [0.29, 0.717) is 35.7 Å². The molecule has 0 heterocycles. The summed E-state index contributed by atoms with van der Waals surface area (Å²) in [5.74, 6) is -1.86. The standard InChI is InChI=1S/C28H24F3NS/c1-2-3-4-18-11-21-9-10-22(15-24(21)12-18)23-8-7-20(25(29)16-23)6-5-19-13-26(30)28(33-17-32)27(31)14-19/h7-10,12-16H,2-6,11H2,1H3. The Hall–Kier alpha value is -2.97. The summed E-state index contributed by atoms with van der Waals surface area (Å²) in [7, 11) is 0. The van der Waals surface area contributed by atoms with Crippen LogP contribution in [0.2, 0.25) is 0 Å². The second-order valence-electron chi connectivity index (χ2n) is 8.38. The Morgan fingerprint density at radius 1 is 0.879 bits per heavy atom. The molecule has 1 nitrogen and oxygen atoms in total. The SMILES string of the molecule is CCCCC1=Cc2cc(-c3ccc(CCc4cc(F)c(SC#N)c(F)c4)c(F)c3)ccc2C1. The van der Waals surface area contributed by atoms with Crippen LogP contribution in [-0.4, -0.2) is 0 Å². The molecule has 0 atom stereocenters. The summed E-state index contributed by atoms with van der Waals surface area (Å²) in [6.45, 7) is 2.20. The number of hydrogen-bond acceptors (Lipinski definition) is 2. The molecule has 0 spiro atoms. The van der Waals surface area contributed by atoms with Crippen LogP contribution in [0.25, 0.3) is 17.2 Å². The van der Waals surface area contributed by atoms with Gasteiger partial charge >= 0.3 is 0 Å². The largest absolute Gasteiger partial charge is 0.207 e. The van der Waals surface area contributed by atoms with Crippen LogP contribution in [0.15, 0.2) is 59.0 Å². The van der Waals surface area contributed by atoms with Crippen molar-refractivity contribution in [1.29, 1.82) is 5.26 Å². The molecule has 0 unspecified atom stereocenters. The van der Waals surface area contributed by atoms with Crippen molar-refractivity contribution in [3.8, 4) is 16.5 Å². The number of hydrogen-bond donors (Lipinski definition) is 0. The second kappa shape index (κ2) is 10.3. The van der Waals surface area contributed by atoms with Gasteiger partial charge in [-0.25, -0.2) is 13.2 Å². The number of halogens is 3. The smallest absolute Gasteiger partial charge is 0.141 e. The zero-order chi connectivity index (χ0) is 23.4. The maximum Gasteiger partial charge on any atom is 0.141 e. The molecule has 0 N–H and O–H groups in total. The van der Waals surface area contributed by atoms with E-state index in [-0.39, 0.29) is 10.7 Å².